The van der Waals surface area contributed by atoms with Crippen LogP contribution in [0.5, 0.6) is 0 Å². The summed E-state index contributed by atoms with van der Waals surface area (Å²) in [6.07, 6.45) is 2.61. The Morgan fingerprint density at radius 3 is 2.79 bits per heavy atom. The van der Waals surface area contributed by atoms with E-state index in [0.29, 0.717) is 30.3 Å². The molecule has 0 aliphatic carbocycles. The molecule has 33 heavy (non-hydrogen) atoms. The van der Waals surface area contributed by atoms with Crippen LogP contribution >= 0.6 is 0 Å². The Bertz CT molecular complexity index is 1190. The summed E-state index contributed by atoms with van der Waals surface area (Å²) >= 11 is 0. The quantitative estimate of drug-likeness (QED) is 0.311. The van der Waals surface area contributed by atoms with Crippen molar-refractivity contribution in [3.8, 4) is 0 Å². The predicted octanol–water partition coefficient (Wildman–Crippen LogP) is 2.48. The Kier molecular flexibility index (Phi) is 6.11. The van der Waals surface area contributed by atoms with Crippen molar-refractivity contribution in [2.75, 3.05) is 18.0 Å². The lowest BCUT2D eigenvalue weighted by atomic mass is 9.95. The van der Waals surface area contributed by atoms with Gasteiger partial charge in [-0.2, -0.15) is 5.10 Å². The fourth-order valence-electron chi connectivity index (χ4n) is 3.59. The van der Waals surface area contributed by atoms with Gasteiger partial charge in [-0.1, -0.05) is 36.2 Å². The summed E-state index contributed by atoms with van der Waals surface area (Å²) in [7, 11) is 0. The number of fused-ring (bicyclic) bond motifs is 1. The molecule has 0 saturated carbocycles. The number of nitrogens with one attached hydrogen (secondary N) is 1. The van der Waals surface area contributed by atoms with Crippen LogP contribution in [0.1, 0.15) is 51.3 Å². The summed E-state index contributed by atoms with van der Waals surface area (Å²) in [6.45, 7) is 11.6. The lowest BCUT2D eigenvalue weighted by Gasteiger charge is -2.23. The van der Waals surface area contributed by atoms with Crippen LogP contribution in [0, 0.1) is 12.3 Å². The van der Waals surface area contributed by atoms with Gasteiger partial charge in [-0.25, -0.2) is 19.3 Å². The summed E-state index contributed by atoms with van der Waals surface area (Å²) in [5.74, 6) is 1.50. The smallest absolute Gasteiger partial charge is 0.164 e. The predicted molar refractivity (Wildman–Crippen MR) is 121 cm³/mol. The molecule has 0 bridgehead atoms. The molecule has 0 aromatic carbocycles. The number of rotatable bonds is 7. The van der Waals surface area contributed by atoms with Gasteiger partial charge in [0.05, 0.1) is 42.3 Å². The van der Waals surface area contributed by atoms with Crippen molar-refractivity contribution in [1.82, 2.24) is 30.1 Å². The highest BCUT2D eigenvalue weighted by Gasteiger charge is 2.29. The van der Waals surface area contributed by atoms with Crippen LogP contribution in [0.25, 0.3) is 11.0 Å². The van der Waals surface area contributed by atoms with E-state index in [1.807, 2.05) is 6.92 Å². The summed E-state index contributed by atoms with van der Waals surface area (Å²) in [5, 5.41) is 33.2. The van der Waals surface area contributed by atoms with Crippen molar-refractivity contribution in [2.24, 2.45) is 5.16 Å². The van der Waals surface area contributed by atoms with Crippen molar-refractivity contribution < 1.29 is 14.6 Å². The van der Waals surface area contributed by atoms with Crippen LogP contribution < -0.4 is 4.90 Å². The van der Waals surface area contributed by atoms with E-state index < -0.39 is 0 Å². The zero-order valence-corrected chi connectivity index (χ0v) is 19.5. The molecule has 3 aromatic heterocycles. The van der Waals surface area contributed by atoms with Crippen LogP contribution in [-0.4, -0.2) is 65.9 Å². The van der Waals surface area contributed by atoms with Crippen LogP contribution in [0.15, 0.2) is 16.0 Å². The number of oxime groups is 1. The number of hydrogen-bond donors (Lipinski definition) is 2. The third-order valence-electron chi connectivity index (χ3n) is 5.69. The summed E-state index contributed by atoms with van der Waals surface area (Å²) in [6, 6.07) is 0. The summed E-state index contributed by atoms with van der Waals surface area (Å²) in [5.41, 5.74) is 2.21. The molecule has 12 heteroatoms. The van der Waals surface area contributed by atoms with Gasteiger partial charge >= 0.3 is 0 Å². The number of nitrogens with zero attached hydrogens (tertiary/aromatic N) is 8. The standard InChI is InChI=1S/C21H29N9O3/c1-12(26-31)16(22)10-30-19-15(8-23-30)18(24-20(25-19)21(3,4)5)29-7-6-14(9-29)32-11-17-13(2)27-33-28-17/h8,14,22,31H,6-7,9-11H2,1-5H3/b22-16?,26-12-. The van der Waals surface area contributed by atoms with Crippen molar-refractivity contribution in [3.05, 3.63) is 23.4 Å². The first-order valence-corrected chi connectivity index (χ1v) is 10.8. The SMILES string of the molecule is C/C(=N/O)C(=N)Cn1ncc2c(N3CCC(OCc4nonc4C)C3)nc(C(C)(C)C)nc21. The van der Waals surface area contributed by atoms with E-state index in [4.69, 9.17) is 30.0 Å². The Balaban J connectivity index is 1.61. The zero-order chi connectivity index (χ0) is 23.8. The van der Waals surface area contributed by atoms with Crippen molar-refractivity contribution >= 4 is 28.3 Å². The molecule has 4 heterocycles. The fraction of sp³-hybridized carbons (Fsp3) is 0.571. The average molecular weight is 456 g/mol. The minimum absolute atomic E-state index is 0.0239. The van der Waals surface area contributed by atoms with Gasteiger partial charge in [0.15, 0.2) is 5.65 Å². The Morgan fingerprint density at radius 2 is 2.12 bits per heavy atom. The molecular weight excluding hydrogens is 426 g/mol. The maximum absolute atomic E-state index is 8.99. The van der Waals surface area contributed by atoms with E-state index in [2.05, 4.69) is 46.2 Å². The number of hydrogen-bond acceptors (Lipinski definition) is 11. The first kappa shape index (κ1) is 22.8. The third-order valence-corrected chi connectivity index (χ3v) is 5.69. The fourth-order valence-corrected chi connectivity index (χ4v) is 3.59. The van der Waals surface area contributed by atoms with Crippen molar-refractivity contribution in [2.45, 2.75) is 65.7 Å². The van der Waals surface area contributed by atoms with Crippen LogP contribution in [0.4, 0.5) is 5.82 Å². The molecule has 1 aliphatic rings. The highest BCUT2D eigenvalue weighted by atomic mass is 16.6. The van der Waals surface area contributed by atoms with Gasteiger partial charge in [-0.15, -0.1) is 0 Å². The number of aryl methyl sites for hydroxylation is 1. The second-order valence-corrected chi connectivity index (χ2v) is 9.29. The highest BCUT2D eigenvalue weighted by Crippen LogP contribution is 2.31. The van der Waals surface area contributed by atoms with Gasteiger partial charge in [0.2, 0.25) is 0 Å². The van der Waals surface area contributed by atoms with Gasteiger partial charge in [0.25, 0.3) is 0 Å². The zero-order valence-electron chi connectivity index (χ0n) is 19.5. The van der Waals surface area contributed by atoms with Gasteiger partial charge in [-0.05, 0) is 20.3 Å². The van der Waals surface area contributed by atoms with Crippen LogP contribution in [0.2, 0.25) is 0 Å². The second-order valence-electron chi connectivity index (χ2n) is 9.29. The van der Waals surface area contributed by atoms with Gasteiger partial charge in [-0.3, -0.25) is 0 Å². The van der Waals surface area contributed by atoms with E-state index in [1.165, 1.54) is 0 Å². The topological polar surface area (TPSA) is 151 Å². The van der Waals surface area contributed by atoms with Gasteiger partial charge in [0, 0.05) is 18.5 Å². The van der Waals surface area contributed by atoms with Crippen LogP contribution in [-0.2, 0) is 23.3 Å². The molecule has 1 saturated heterocycles. The molecule has 1 fully saturated rings. The Morgan fingerprint density at radius 1 is 1.33 bits per heavy atom. The molecule has 3 aromatic rings. The average Bonchev–Trinajstić information content (AvgIpc) is 3.50. The molecule has 2 N–H and O–H groups in total. The second kappa shape index (κ2) is 8.85. The maximum atomic E-state index is 8.99. The Hall–Kier alpha value is -3.41. The molecule has 12 nitrogen and oxygen atoms in total. The minimum Gasteiger partial charge on any atom is -0.411 e. The van der Waals surface area contributed by atoms with E-state index in [9.17, 15) is 0 Å². The summed E-state index contributed by atoms with van der Waals surface area (Å²) < 4.78 is 12.4. The molecule has 1 atom stereocenters. The lowest BCUT2D eigenvalue weighted by Crippen LogP contribution is -2.26. The van der Waals surface area contributed by atoms with Crippen molar-refractivity contribution in [1.29, 1.82) is 5.41 Å². The first-order chi connectivity index (χ1) is 15.7. The number of aromatic nitrogens is 6. The number of ether oxygens (including phenoxy) is 1. The first-order valence-electron chi connectivity index (χ1n) is 10.8. The molecular formula is C21H29N9O3. The molecule has 4 rings (SSSR count). The third kappa shape index (κ3) is 4.70. The van der Waals surface area contributed by atoms with E-state index in [-0.39, 0.29) is 29.5 Å². The lowest BCUT2D eigenvalue weighted by molar-refractivity contribution is 0.0514. The molecule has 0 radical (unpaired) electrons. The molecule has 1 unspecified atom stereocenters. The molecule has 176 valence electrons. The van der Waals surface area contributed by atoms with E-state index in [1.54, 1.807) is 17.8 Å². The monoisotopic (exact) mass is 455 g/mol. The highest BCUT2D eigenvalue weighted by molar-refractivity contribution is 6.40. The molecule has 1 aliphatic heterocycles. The van der Waals surface area contributed by atoms with E-state index >= 15 is 0 Å². The van der Waals surface area contributed by atoms with Crippen LogP contribution in [0.3, 0.4) is 0 Å². The minimum atomic E-state index is -0.277. The van der Waals surface area contributed by atoms with E-state index in [0.717, 1.165) is 29.9 Å². The molecule has 0 spiro atoms. The van der Waals surface area contributed by atoms with Gasteiger partial charge < -0.3 is 20.3 Å². The van der Waals surface area contributed by atoms with Gasteiger partial charge in [0.1, 0.15) is 23.0 Å². The number of anilines is 1. The maximum Gasteiger partial charge on any atom is 0.164 e. The largest absolute Gasteiger partial charge is 0.411 e. The molecule has 0 amide bonds. The normalized spacial score (nSPS) is 17.3. The van der Waals surface area contributed by atoms with Crippen molar-refractivity contribution in [3.63, 3.8) is 0 Å². The Labute approximate surface area is 191 Å². The summed E-state index contributed by atoms with van der Waals surface area (Å²) in [4.78, 5) is 11.9.